The van der Waals surface area contributed by atoms with Gasteiger partial charge in [-0.25, -0.2) is 4.98 Å². The molecule has 1 aromatic carbocycles. The normalized spacial score (nSPS) is 20.9. The number of carbonyl (C=O) groups is 1. The fourth-order valence-corrected chi connectivity index (χ4v) is 5.71. The van der Waals surface area contributed by atoms with Gasteiger partial charge in [-0.3, -0.25) is 14.8 Å². The topological polar surface area (TPSA) is 65.1 Å². The lowest BCUT2D eigenvalue weighted by Gasteiger charge is -2.50. The number of aromatic amines is 1. The van der Waals surface area contributed by atoms with Gasteiger partial charge in [0.25, 0.3) is 5.91 Å². The molecule has 7 heteroatoms. The van der Waals surface area contributed by atoms with Crippen LogP contribution in [-0.4, -0.2) is 57.1 Å². The number of H-pyrrole nitrogens is 1. The van der Waals surface area contributed by atoms with Gasteiger partial charge in [0, 0.05) is 44.1 Å². The predicted molar refractivity (Wildman–Crippen MR) is 113 cm³/mol. The summed E-state index contributed by atoms with van der Waals surface area (Å²) in [6.45, 7) is 8.30. The van der Waals surface area contributed by atoms with E-state index in [0.717, 1.165) is 54.8 Å². The Kier molecular flexibility index (Phi) is 4.52. The first kappa shape index (κ1) is 18.5. The summed E-state index contributed by atoms with van der Waals surface area (Å²) in [5.74, 6) is 2.13. The van der Waals surface area contributed by atoms with Gasteiger partial charge < -0.3 is 4.90 Å². The summed E-state index contributed by atoms with van der Waals surface area (Å²) in [5.41, 5.74) is 2.42. The van der Waals surface area contributed by atoms with Crippen LogP contribution in [0, 0.1) is 19.3 Å². The van der Waals surface area contributed by atoms with Crippen molar-refractivity contribution < 1.29 is 4.79 Å². The summed E-state index contributed by atoms with van der Waals surface area (Å²) in [4.78, 5) is 23.0. The molecule has 6 nitrogen and oxygen atoms in total. The third-order valence-electron chi connectivity index (χ3n) is 6.25. The van der Waals surface area contributed by atoms with Gasteiger partial charge in [-0.2, -0.15) is 5.10 Å². The van der Waals surface area contributed by atoms with E-state index in [4.69, 9.17) is 0 Å². The SMILES string of the molecule is Cc1nc(C2CN(Cc3ccccc3)CC23CN(C(=O)c2sccc2C)C3)n[nH]1. The molecule has 0 aliphatic carbocycles. The van der Waals surface area contributed by atoms with Crippen molar-refractivity contribution in [3.8, 4) is 0 Å². The van der Waals surface area contributed by atoms with Crippen molar-refractivity contribution in [3.05, 3.63) is 69.4 Å². The molecule has 2 aromatic heterocycles. The lowest BCUT2D eigenvalue weighted by atomic mass is 9.71. The number of amides is 1. The van der Waals surface area contributed by atoms with Crippen LogP contribution in [0.15, 0.2) is 41.8 Å². The van der Waals surface area contributed by atoms with Crippen molar-refractivity contribution in [1.82, 2.24) is 25.0 Å². The van der Waals surface area contributed by atoms with Crippen molar-refractivity contribution in [3.63, 3.8) is 0 Å². The van der Waals surface area contributed by atoms with Gasteiger partial charge in [0.15, 0.2) is 5.82 Å². The van der Waals surface area contributed by atoms with E-state index in [1.807, 2.05) is 30.2 Å². The number of rotatable bonds is 4. The van der Waals surface area contributed by atoms with Crippen LogP contribution in [0.25, 0.3) is 0 Å². The summed E-state index contributed by atoms with van der Waals surface area (Å²) in [7, 11) is 0. The van der Waals surface area contributed by atoms with Crippen LogP contribution >= 0.6 is 11.3 Å². The first-order valence-electron chi connectivity index (χ1n) is 10.0. The molecule has 0 bridgehead atoms. The highest BCUT2D eigenvalue weighted by Crippen LogP contribution is 2.49. The molecule has 2 saturated heterocycles. The summed E-state index contributed by atoms with van der Waals surface area (Å²) >= 11 is 1.54. The molecular formula is C22H25N5OS. The average molecular weight is 408 g/mol. The number of carbonyl (C=O) groups excluding carboxylic acids is 1. The lowest BCUT2D eigenvalue weighted by Crippen LogP contribution is -2.61. The van der Waals surface area contributed by atoms with Crippen molar-refractivity contribution in [2.75, 3.05) is 26.2 Å². The molecule has 4 heterocycles. The molecular weight excluding hydrogens is 382 g/mol. The smallest absolute Gasteiger partial charge is 0.264 e. The van der Waals surface area contributed by atoms with Crippen molar-refractivity contribution in [2.24, 2.45) is 5.41 Å². The summed E-state index contributed by atoms with van der Waals surface area (Å²) in [5, 5.41) is 9.48. The zero-order valence-electron chi connectivity index (χ0n) is 16.8. The zero-order valence-corrected chi connectivity index (χ0v) is 17.6. The molecule has 2 fully saturated rings. The van der Waals surface area contributed by atoms with Gasteiger partial charge in [0.2, 0.25) is 0 Å². The second kappa shape index (κ2) is 7.07. The largest absolute Gasteiger partial charge is 0.337 e. The highest BCUT2D eigenvalue weighted by atomic mass is 32.1. The summed E-state index contributed by atoms with van der Waals surface area (Å²) < 4.78 is 0. The number of nitrogens with zero attached hydrogens (tertiary/aromatic N) is 4. The Bertz CT molecular complexity index is 1020. The molecule has 1 atom stereocenters. The fourth-order valence-electron chi connectivity index (χ4n) is 4.82. The van der Waals surface area contributed by atoms with E-state index in [0.29, 0.717) is 0 Å². The Hall–Kier alpha value is -2.51. The van der Waals surface area contributed by atoms with E-state index >= 15 is 0 Å². The van der Waals surface area contributed by atoms with Gasteiger partial charge in [0.1, 0.15) is 5.82 Å². The van der Waals surface area contributed by atoms with E-state index in [9.17, 15) is 4.79 Å². The maximum absolute atomic E-state index is 13.0. The average Bonchev–Trinajstić information content (AvgIpc) is 3.39. The fraction of sp³-hybridized carbons (Fsp3) is 0.409. The molecule has 0 saturated carbocycles. The first-order valence-corrected chi connectivity index (χ1v) is 10.9. The van der Waals surface area contributed by atoms with Crippen molar-refractivity contribution >= 4 is 17.2 Å². The zero-order chi connectivity index (χ0) is 20.0. The molecule has 1 unspecified atom stereocenters. The summed E-state index contributed by atoms with van der Waals surface area (Å²) in [6, 6.07) is 12.6. The Balaban J connectivity index is 1.36. The molecule has 29 heavy (non-hydrogen) atoms. The number of aryl methyl sites for hydroxylation is 2. The number of thiophene rings is 1. The Morgan fingerprint density at radius 3 is 2.66 bits per heavy atom. The minimum Gasteiger partial charge on any atom is -0.337 e. The van der Waals surface area contributed by atoms with Crippen LogP contribution in [0.1, 0.15) is 38.4 Å². The highest BCUT2D eigenvalue weighted by molar-refractivity contribution is 7.12. The third kappa shape index (κ3) is 3.28. The minimum absolute atomic E-state index is 0.0320. The van der Waals surface area contributed by atoms with Crippen LogP contribution in [0.3, 0.4) is 0 Å². The molecule has 1 amide bonds. The summed E-state index contributed by atoms with van der Waals surface area (Å²) in [6.07, 6.45) is 0. The molecule has 5 rings (SSSR count). The number of benzene rings is 1. The van der Waals surface area contributed by atoms with E-state index < -0.39 is 0 Å². The number of nitrogens with one attached hydrogen (secondary N) is 1. The van der Waals surface area contributed by atoms with E-state index in [1.54, 1.807) is 0 Å². The molecule has 1 N–H and O–H groups in total. The maximum atomic E-state index is 13.0. The molecule has 1 spiro atoms. The van der Waals surface area contributed by atoms with Crippen LogP contribution in [-0.2, 0) is 6.54 Å². The quantitative estimate of drug-likeness (QED) is 0.721. The number of aromatic nitrogens is 3. The third-order valence-corrected chi connectivity index (χ3v) is 7.25. The molecule has 2 aliphatic rings. The number of hydrogen-bond acceptors (Lipinski definition) is 5. The molecule has 0 radical (unpaired) electrons. The second-order valence-corrected chi connectivity index (χ2v) is 9.36. The second-order valence-electron chi connectivity index (χ2n) is 8.44. The Labute approximate surface area is 174 Å². The van der Waals surface area contributed by atoms with Gasteiger partial charge in [-0.1, -0.05) is 30.3 Å². The highest BCUT2D eigenvalue weighted by Gasteiger charge is 2.57. The number of hydrogen-bond donors (Lipinski definition) is 1. The molecule has 150 valence electrons. The van der Waals surface area contributed by atoms with Crippen LogP contribution in [0.4, 0.5) is 0 Å². The standard InChI is InChI=1S/C22H25N5OS/c1-15-8-9-29-19(15)21(28)27-13-22(14-27)12-26(10-17-6-4-3-5-7-17)11-18(22)20-23-16(2)24-25-20/h3-9,18H,10-14H2,1-2H3,(H,23,24,25). The monoisotopic (exact) mass is 407 g/mol. The van der Waals surface area contributed by atoms with E-state index in [2.05, 4.69) is 50.4 Å². The van der Waals surface area contributed by atoms with Gasteiger partial charge in [0.05, 0.1) is 4.88 Å². The van der Waals surface area contributed by atoms with Crippen LogP contribution < -0.4 is 0 Å². The molecule has 3 aromatic rings. The van der Waals surface area contributed by atoms with Crippen molar-refractivity contribution in [2.45, 2.75) is 26.3 Å². The van der Waals surface area contributed by atoms with Gasteiger partial charge in [-0.15, -0.1) is 11.3 Å². The lowest BCUT2D eigenvalue weighted by molar-refractivity contribution is 0.00212. The van der Waals surface area contributed by atoms with Crippen LogP contribution in [0.5, 0.6) is 0 Å². The van der Waals surface area contributed by atoms with Gasteiger partial charge in [-0.05, 0) is 36.4 Å². The maximum Gasteiger partial charge on any atom is 0.264 e. The van der Waals surface area contributed by atoms with Gasteiger partial charge >= 0.3 is 0 Å². The Morgan fingerprint density at radius 1 is 1.21 bits per heavy atom. The minimum atomic E-state index is 0.0320. The van der Waals surface area contributed by atoms with E-state index in [1.165, 1.54) is 16.9 Å². The Morgan fingerprint density at radius 2 is 2.00 bits per heavy atom. The number of likely N-dealkylation sites (tertiary alicyclic amines) is 2. The predicted octanol–water partition coefficient (Wildman–Crippen LogP) is 3.22. The van der Waals surface area contributed by atoms with Crippen molar-refractivity contribution in [1.29, 1.82) is 0 Å². The first-order chi connectivity index (χ1) is 14.0. The van der Waals surface area contributed by atoms with E-state index in [-0.39, 0.29) is 17.2 Å². The molecule has 2 aliphatic heterocycles. The van der Waals surface area contributed by atoms with Crippen LogP contribution in [0.2, 0.25) is 0 Å².